The van der Waals surface area contributed by atoms with E-state index in [4.69, 9.17) is 0 Å². The summed E-state index contributed by atoms with van der Waals surface area (Å²) in [6.07, 6.45) is 1.86. The van der Waals surface area contributed by atoms with E-state index < -0.39 is 0 Å². The molecule has 2 aromatic carbocycles. The number of benzene rings is 2. The fourth-order valence-electron chi connectivity index (χ4n) is 4.52. The first kappa shape index (κ1) is 23.5. The summed E-state index contributed by atoms with van der Waals surface area (Å²) in [5.74, 6) is -0.257. The van der Waals surface area contributed by atoms with Crippen molar-refractivity contribution >= 4 is 29.2 Å². The van der Waals surface area contributed by atoms with Crippen molar-refractivity contribution in [2.45, 2.75) is 27.7 Å². The molecule has 6 nitrogen and oxygen atoms in total. The third-order valence-electron chi connectivity index (χ3n) is 6.36. The van der Waals surface area contributed by atoms with Gasteiger partial charge in [0, 0.05) is 41.3 Å². The molecule has 0 radical (unpaired) electrons. The van der Waals surface area contributed by atoms with Gasteiger partial charge in [-0.15, -0.1) is 0 Å². The average Bonchev–Trinajstić information content (AvgIpc) is 3.32. The number of fused-ring (bicyclic) bond motifs is 1. The number of carbonyl (C=O) groups excluding carboxylic acids is 2. The lowest BCUT2D eigenvalue weighted by molar-refractivity contribution is -0.110. The lowest BCUT2D eigenvalue weighted by Gasteiger charge is -2.18. The van der Waals surface area contributed by atoms with Gasteiger partial charge < -0.3 is 20.5 Å². The Hall–Kier alpha value is -3.64. The number of nitrogens with zero attached hydrogens (tertiary/aromatic N) is 1. The van der Waals surface area contributed by atoms with Crippen LogP contribution in [0.1, 0.15) is 46.7 Å². The van der Waals surface area contributed by atoms with Crippen molar-refractivity contribution in [1.82, 2.24) is 15.2 Å². The Morgan fingerprint density at radius 2 is 1.82 bits per heavy atom. The molecule has 0 aliphatic carbocycles. The van der Waals surface area contributed by atoms with Crippen LogP contribution in [0.5, 0.6) is 0 Å². The number of rotatable bonds is 8. The molecule has 0 bridgehead atoms. The molecule has 0 saturated carbocycles. The maximum Gasteiger partial charge on any atom is 0.256 e. The number of aromatic amines is 1. The summed E-state index contributed by atoms with van der Waals surface area (Å²) >= 11 is 0. The zero-order valence-electron chi connectivity index (χ0n) is 20.3. The Morgan fingerprint density at radius 1 is 1.06 bits per heavy atom. The van der Waals surface area contributed by atoms with E-state index in [-0.39, 0.29) is 11.8 Å². The highest BCUT2D eigenvalue weighted by molar-refractivity contribution is 6.35. The number of anilines is 1. The van der Waals surface area contributed by atoms with Crippen LogP contribution >= 0.6 is 0 Å². The van der Waals surface area contributed by atoms with Gasteiger partial charge >= 0.3 is 0 Å². The van der Waals surface area contributed by atoms with E-state index in [9.17, 15) is 9.59 Å². The second-order valence-corrected chi connectivity index (χ2v) is 8.62. The van der Waals surface area contributed by atoms with Crippen LogP contribution in [0.3, 0.4) is 0 Å². The average molecular weight is 457 g/mol. The summed E-state index contributed by atoms with van der Waals surface area (Å²) in [4.78, 5) is 31.8. The highest BCUT2D eigenvalue weighted by Crippen LogP contribution is 2.37. The number of amides is 2. The van der Waals surface area contributed by atoms with Gasteiger partial charge in [0.05, 0.1) is 11.1 Å². The van der Waals surface area contributed by atoms with E-state index in [1.165, 1.54) is 0 Å². The van der Waals surface area contributed by atoms with Crippen molar-refractivity contribution < 1.29 is 9.59 Å². The van der Waals surface area contributed by atoms with Crippen LogP contribution < -0.4 is 10.6 Å². The molecule has 0 atom stereocenters. The SMILES string of the molecule is CCN(CC)CCNC(=O)c1c(C)[nH]c(/C=C2\C(=O)Nc3ccccc32)c1-c1cccc(C)c1. The van der Waals surface area contributed by atoms with Gasteiger partial charge in [0.15, 0.2) is 0 Å². The Bertz CT molecular complexity index is 1250. The molecule has 2 amide bonds. The first-order valence-corrected chi connectivity index (χ1v) is 11.9. The van der Waals surface area contributed by atoms with Crippen molar-refractivity contribution in [3.05, 3.63) is 76.6 Å². The maximum absolute atomic E-state index is 13.4. The summed E-state index contributed by atoms with van der Waals surface area (Å²) in [7, 11) is 0. The monoisotopic (exact) mass is 456 g/mol. The first-order chi connectivity index (χ1) is 16.4. The normalized spacial score (nSPS) is 13.9. The number of hydrogen-bond acceptors (Lipinski definition) is 3. The molecule has 0 spiro atoms. The van der Waals surface area contributed by atoms with Crippen LogP contribution in [0.4, 0.5) is 5.69 Å². The Labute approximate surface area is 201 Å². The van der Waals surface area contributed by atoms with Gasteiger partial charge in [0.1, 0.15) is 0 Å². The quantitative estimate of drug-likeness (QED) is 0.424. The van der Waals surface area contributed by atoms with Crippen molar-refractivity contribution in [1.29, 1.82) is 0 Å². The van der Waals surface area contributed by atoms with Crippen LogP contribution in [0.2, 0.25) is 0 Å². The number of likely N-dealkylation sites (N-methyl/N-ethyl adjacent to an activating group) is 1. The summed E-state index contributed by atoms with van der Waals surface area (Å²) in [5, 5.41) is 6.02. The Morgan fingerprint density at radius 3 is 2.56 bits per heavy atom. The summed E-state index contributed by atoms with van der Waals surface area (Å²) in [6.45, 7) is 11.5. The molecule has 4 rings (SSSR count). The number of aryl methyl sites for hydroxylation is 2. The molecule has 3 aromatic rings. The number of nitrogens with one attached hydrogen (secondary N) is 3. The highest BCUT2D eigenvalue weighted by Gasteiger charge is 2.26. The number of H-pyrrole nitrogens is 1. The van der Waals surface area contributed by atoms with Crippen LogP contribution in [-0.2, 0) is 4.79 Å². The third kappa shape index (κ3) is 4.68. The molecule has 1 aliphatic rings. The minimum atomic E-state index is -0.145. The molecule has 2 heterocycles. The summed E-state index contributed by atoms with van der Waals surface area (Å²) in [6, 6.07) is 15.7. The Kier molecular flexibility index (Phi) is 6.98. The number of para-hydroxylation sites is 1. The fourth-order valence-corrected chi connectivity index (χ4v) is 4.52. The molecule has 1 aromatic heterocycles. The van der Waals surface area contributed by atoms with Gasteiger partial charge in [-0.05, 0) is 44.6 Å². The van der Waals surface area contributed by atoms with Crippen molar-refractivity contribution in [2.24, 2.45) is 0 Å². The second kappa shape index (κ2) is 10.1. The van der Waals surface area contributed by atoms with Crippen molar-refractivity contribution in [2.75, 3.05) is 31.5 Å². The topological polar surface area (TPSA) is 77.2 Å². The van der Waals surface area contributed by atoms with Gasteiger partial charge in [-0.25, -0.2) is 0 Å². The smallest absolute Gasteiger partial charge is 0.256 e. The van der Waals surface area contributed by atoms with E-state index in [2.05, 4.69) is 40.4 Å². The molecular formula is C28H32N4O2. The molecule has 1 aliphatic heterocycles. The third-order valence-corrected chi connectivity index (χ3v) is 6.36. The molecule has 3 N–H and O–H groups in total. The predicted molar refractivity (Wildman–Crippen MR) is 139 cm³/mol. The molecule has 0 fully saturated rings. The van der Waals surface area contributed by atoms with E-state index in [0.29, 0.717) is 17.7 Å². The number of hydrogen-bond donors (Lipinski definition) is 3. The van der Waals surface area contributed by atoms with Crippen LogP contribution in [0.25, 0.3) is 22.8 Å². The van der Waals surface area contributed by atoms with Crippen LogP contribution in [0.15, 0.2) is 48.5 Å². The fraction of sp³-hybridized carbons (Fsp3) is 0.286. The van der Waals surface area contributed by atoms with Crippen LogP contribution in [-0.4, -0.2) is 47.9 Å². The van der Waals surface area contributed by atoms with Gasteiger partial charge in [-0.2, -0.15) is 0 Å². The zero-order chi connectivity index (χ0) is 24.2. The van der Waals surface area contributed by atoms with E-state index in [1.807, 2.05) is 62.4 Å². The number of carbonyl (C=O) groups is 2. The molecular weight excluding hydrogens is 424 g/mol. The van der Waals surface area contributed by atoms with E-state index in [1.54, 1.807) is 0 Å². The lowest BCUT2D eigenvalue weighted by atomic mass is 9.96. The van der Waals surface area contributed by atoms with E-state index >= 15 is 0 Å². The van der Waals surface area contributed by atoms with Gasteiger partial charge in [-0.1, -0.05) is 61.9 Å². The van der Waals surface area contributed by atoms with Crippen LogP contribution in [0, 0.1) is 13.8 Å². The largest absolute Gasteiger partial charge is 0.358 e. The zero-order valence-corrected chi connectivity index (χ0v) is 20.3. The lowest BCUT2D eigenvalue weighted by Crippen LogP contribution is -2.35. The van der Waals surface area contributed by atoms with Crippen molar-refractivity contribution in [3.8, 4) is 11.1 Å². The summed E-state index contributed by atoms with van der Waals surface area (Å²) in [5.41, 5.74) is 7.24. The van der Waals surface area contributed by atoms with Gasteiger partial charge in [-0.3, -0.25) is 9.59 Å². The van der Waals surface area contributed by atoms with Gasteiger partial charge in [0.25, 0.3) is 11.8 Å². The molecule has 0 saturated heterocycles. The molecule has 176 valence electrons. The van der Waals surface area contributed by atoms with Crippen molar-refractivity contribution in [3.63, 3.8) is 0 Å². The minimum Gasteiger partial charge on any atom is -0.358 e. The minimum absolute atomic E-state index is 0.113. The summed E-state index contributed by atoms with van der Waals surface area (Å²) < 4.78 is 0. The Balaban J connectivity index is 1.77. The van der Waals surface area contributed by atoms with E-state index in [0.717, 1.165) is 59.0 Å². The molecule has 0 unspecified atom stereocenters. The van der Waals surface area contributed by atoms with Gasteiger partial charge in [0.2, 0.25) is 0 Å². The maximum atomic E-state index is 13.4. The molecule has 34 heavy (non-hydrogen) atoms. The second-order valence-electron chi connectivity index (χ2n) is 8.62. The number of aromatic nitrogens is 1. The molecule has 6 heteroatoms. The standard InChI is InChI=1S/C28H32N4O2/c1-5-32(6-2)15-14-29-28(34)25-19(4)30-24(26(25)20-11-9-10-18(3)16-20)17-22-21-12-7-8-13-23(21)31-27(22)33/h7-13,16-17,30H,5-6,14-15H2,1-4H3,(H,29,34)(H,31,33)/b22-17-. The first-order valence-electron chi connectivity index (χ1n) is 11.9. The predicted octanol–water partition coefficient (Wildman–Crippen LogP) is 4.86. The highest BCUT2D eigenvalue weighted by atomic mass is 16.2.